The third-order valence-electron chi connectivity index (χ3n) is 5.44. The van der Waals surface area contributed by atoms with Gasteiger partial charge in [-0.15, -0.1) is 10.2 Å². The van der Waals surface area contributed by atoms with Gasteiger partial charge >= 0.3 is 0 Å². The SMILES string of the molecule is Cn1c(SCC(=O)NC[C@@H]2CCCO2)nnc1-c1ccc(S(=O)(=O)N2CCOCC2)cc1. The highest BCUT2D eigenvalue weighted by Gasteiger charge is 2.26. The van der Waals surface area contributed by atoms with Crippen molar-refractivity contribution in [2.24, 2.45) is 7.05 Å². The molecule has 3 heterocycles. The minimum absolute atomic E-state index is 0.0762. The number of carbonyl (C=O) groups is 1. The molecule has 2 saturated heterocycles. The summed E-state index contributed by atoms with van der Waals surface area (Å²) >= 11 is 1.30. The van der Waals surface area contributed by atoms with Gasteiger partial charge in [0.05, 0.1) is 30.0 Å². The molecule has 1 amide bonds. The van der Waals surface area contributed by atoms with Crippen molar-refractivity contribution in [3.63, 3.8) is 0 Å². The molecule has 2 aromatic rings. The quantitative estimate of drug-likeness (QED) is 0.553. The summed E-state index contributed by atoms with van der Waals surface area (Å²) < 4.78 is 39.5. The molecule has 32 heavy (non-hydrogen) atoms. The fourth-order valence-electron chi connectivity index (χ4n) is 3.62. The van der Waals surface area contributed by atoms with Crippen LogP contribution in [-0.2, 0) is 31.3 Å². The Labute approximate surface area is 191 Å². The first-order valence-corrected chi connectivity index (χ1v) is 13.0. The van der Waals surface area contributed by atoms with Crippen LogP contribution in [0, 0.1) is 0 Å². The molecule has 12 heteroatoms. The average molecular weight is 482 g/mol. The molecule has 4 rings (SSSR count). The van der Waals surface area contributed by atoms with E-state index in [1.54, 1.807) is 28.8 Å². The van der Waals surface area contributed by atoms with Gasteiger partial charge in [-0.1, -0.05) is 11.8 Å². The van der Waals surface area contributed by atoms with Crippen LogP contribution in [0.2, 0.25) is 0 Å². The maximum Gasteiger partial charge on any atom is 0.243 e. The van der Waals surface area contributed by atoms with Crippen molar-refractivity contribution in [3.8, 4) is 11.4 Å². The van der Waals surface area contributed by atoms with Crippen LogP contribution in [0.1, 0.15) is 12.8 Å². The number of sulfonamides is 1. The summed E-state index contributed by atoms with van der Waals surface area (Å²) in [7, 11) is -1.72. The second-order valence-electron chi connectivity index (χ2n) is 7.63. The van der Waals surface area contributed by atoms with Crippen LogP contribution < -0.4 is 5.32 Å². The van der Waals surface area contributed by atoms with E-state index in [4.69, 9.17) is 9.47 Å². The van der Waals surface area contributed by atoms with Crippen molar-refractivity contribution >= 4 is 27.7 Å². The number of benzene rings is 1. The van der Waals surface area contributed by atoms with Crippen LogP contribution in [0.15, 0.2) is 34.3 Å². The van der Waals surface area contributed by atoms with Gasteiger partial charge in [-0.05, 0) is 37.1 Å². The minimum atomic E-state index is -3.54. The maximum absolute atomic E-state index is 12.8. The Balaban J connectivity index is 1.36. The summed E-state index contributed by atoms with van der Waals surface area (Å²) in [6.07, 6.45) is 2.13. The molecule has 1 aromatic carbocycles. The number of morpholine rings is 1. The normalized spacial score (nSPS) is 19.8. The first-order chi connectivity index (χ1) is 15.4. The lowest BCUT2D eigenvalue weighted by Gasteiger charge is -2.26. The summed E-state index contributed by atoms with van der Waals surface area (Å²) in [6.45, 7) is 2.82. The number of amides is 1. The number of carbonyl (C=O) groups excluding carboxylic acids is 1. The Hall–Kier alpha value is -1.99. The van der Waals surface area contributed by atoms with Gasteiger partial charge in [-0.25, -0.2) is 8.42 Å². The Morgan fingerprint density at radius 3 is 2.62 bits per heavy atom. The van der Waals surface area contributed by atoms with Crippen molar-refractivity contribution in [1.82, 2.24) is 24.4 Å². The van der Waals surface area contributed by atoms with Crippen LogP contribution in [0.4, 0.5) is 0 Å². The third-order valence-corrected chi connectivity index (χ3v) is 8.37. The van der Waals surface area contributed by atoms with E-state index < -0.39 is 10.0 Å². The summed E-state index contributed by atoms with van der Waals surface area (Å²) in [5, 5.41) is 11.9. The Morgan fingerprint density at radius 1 is 1.19 bits per heavy atom. The number of thioether (sulfide) groups is 1. The third kappa shape index (κ3) is 5.31. The van der Waals surface area contributed by atoms with E-state index in [-0.39, 0.29) is 22.7 Å². The lowest BCUT2D eigenvalue weighted by molar-refractivity contribution is -0.119. The molecular formula is C20H27N5O5S2. The number of hydrogen-bond acceptors (Lipinski definition) is 8. The molecule has 0 saturated carbocycles. The van der Waals surface area contributed by atoms with E-state index in [1.807, 2.05) is 7.05 Å². The van der Waals surface area contributed by atoms with Crippen molar-refractivity contribution in [1.29, 1.82) is 0 Å². The molecule has 0 bridgehead atoms. The summed E-state index contributed by atoms with van der Waals surface area (Å²) in [5.74, 6) is 0.755. The molecule has 0 unspecified atom stereocenters. The van der Waals surface area contributed by atoms with Gasteiger partial charge in [0, 0.05) is 38.9 Å². The highest BCUT2D eigenvalue weighted by atomic mass is 32.2. The molecule has 2 fully saturated rings. The highest BCUT2D eigenvalue weighted by Crippen LogP contribution is 2.25. The first kappa shape index (κ1) is 23.2. The second-order valence-corrected chi connectivity index (χ2v) is 10.5. The molecule has 0 spiro atoms. The number of aromatic nitrogens is 3. The Morgan fingerprint density at radius 2 is 1.94 bits per heavy atom. The Kier molecular flexibility index (Phi) is 7.46. The maximum atomic E-state index is 12.8. The monoisotopic (exact) mass is 481 g/mol. The van der Waals surface area contributed by atoms with Crippen molar-refractivity contribution in [3.05, 3.63) is 24.3 Å². The van der Waals surface area contributed by atoms with Gasteiger partial charge in [-0.2, -0.15) is 4.31 Å². The molecule has 0 radical (unpaired) electrons. The lowest BCUT2D eigenvalue weighted by atomic mass is 10.2. The zero-order chi connectivity index (χ0) is 22.6. The van der Waals surface area contributed by atoms with Crippen LogP contribution in [0.25, 0.3) is 11.4 Å². The molecule has 1 atom stereocenters. The zero-order valence-electron chi connectivity index (χ0n) is 17.9. The fraction of sp³-hybridized carbons (Fsp3) is 0.550. The van der Waals surface area contributed by atoms with Gasteiger partial charge in [0.25, 0.3) is 0 Å². The van der Waals surface area contributed by atoms with Crippen molar-refractivity contribution in [2.45, 2.75) is 29.0 Å². The van der Waals surface area contributed by atoms with Crippen LogP contribution in [0.5, 0.6) is 0 Å². The number of rotatable bonds is 8. The second kappa shape index (κ2) is 10.3. The highest BCUT2D eigenvalue weighted by molar-refractivity contribution is 7.99. The van der Waals surface area contributed by atoms with E-state index in [2.05, 4.69) is 15.5 Å². The number of nitrogens with one attached hydrogen (secondary N) is 1. The van der Waals surface area contributed by atoms with Crippen molar-refractivity contribution in [2.75, 3.05) is 45.2 Å². The van der Waals surface area contributed by atoms with E-state index >= 15 is 0 Å². The molecule has 1 aromatic heterocycles. The topological polar surface area (TPSA) is 116 Å². The van der Waals surface area contributed by atoms with Crippen LogP contribution >= 0.6 is 11.8 Å². The molecule has 1 N–H and O–H groups in total. The molecule has 0 aliphatic carbocycles. The smallest absolute Gasteiger partial charge is 0.243 e. The number of ether oxygens (including phenoxy) is 2. The fourth-order valence-corrected chi connectivity index (χ4v) is 5.77. The summed E-state index contributed by atoms with van der Waals surface area (Å²) in [5.41, 5.74) is 0.746. The molecule has 174 valence electrons. The van der Waals surface area contributed by atoms with Gasteiger partial charge in [0.15, 0.2) is 11.0 Å². The predicted octanol–water partition coefficient (Wildman–Crippen LogP) is 0.890. The van der Waals surface area contributed by atoms with Crippen LogP contribution in [-0.4, -0.2) is 84.7 Å². The number of hydrogen-bond donors (Lipinski definition) is 1. The van der Waals surface area contributed by atoms with Gasteiger partial charge < -0.3 is 19.4 Å². The minimum Gasteiger partial charge on any atom is -0.379 e. The number of nitrogens with zero attached hydrogens (tertiary/aromatic N) is 4. The van der Waals surface area contributed by atoms with Crippen molar-refractivity contribution < 1.29 is 22.7 Å². The lowest BCUT2D eigenvalue weighted by Crippen LogP contribution is -2.40. The first-order valence-electron chi connectivity index (χ1n) is 10.5. The Bertz CT molecular complexity index is 1030. The average Bonchev–Trinajstić information content (AvgIpc) is 3.47. The van der Waals surface area contributed by atoms with Crippen LogP contribution in [0.3, 0.4) is 0 Å². The molecule has 2 aliphatic rings. The molecule has 10 nitrogen and oxygen atoms in total. The van der Waals surface area contributed by atoms with Gasteiger partial charge in [0.2, 0.25) is 15.9 Å². The standard InChI is InChI=1S/C20H27N5O5S2/c1-24-19(22-23-20(24)31-14-18(26)21-13-16-3-2-10-30-16)15-4-6-17(7-5-15)32(27,28)25-8-11-29-12-9-25/h4-7,16H,2-3,8-14H2,1H3,(H,21,26)/t16-/m0/s1. The zero-order valence-corrected chi connectivity index (χ0v) is 19.5. The van der Waals surface area contributed by atoms with Gasteiger partial charge in [-0.3, -0.25) is 4.79 Å². The van der Waals surface area contributed by atoms with E-state index in [0.717, 1.165) is 25.0 Å². The predicted molar refractivity (Wildman–Crippen MR) is 119 cm³/mol. The van der Waals surface area contributed by atoms with E-state index in [0.29, 0.717) is 43.8 Å². The summed E-state index contributed by atoms with van der Waals surface area (Å²) in [4.78, 5) is 12.3. The molecular weight excluding hydrogens is 454 g/mol. The summed E-state index contributed by atoms with van der Waals surface area (Å²) in [6, 6.07) is 6.61. The largest absolute Gasteiger partial charge is 0.379 e. The van der Waals surface area contributed by atoms with E-state index in [9.17, 15) is 13.2 Å². The molecule has 2 aliphatic heterocycles. The van der Waals surface area contributed by atoms with Gasteiger partial charge in [0.1, 0.15) is 0 Å². The van der Waals surface area contributed by atoms with E-state index in [1.165, 1.54) is 16.1 Å².